The molecule has 2 nitrogen and oxygen atoms in total. The van der Waals surface area contributed by atoms with Gasteiger partial charge in [0, 0.05) is 0 Å². The number of esters is 1. The van der Waals surface area contributed by atoms with Crippen LogP contribution < -0.4 is 4.74 Å². The monoisotopic (exact) mass is 224 g/mol. The molecule has 0 N–H and O–H groups in total. The van der Waals surface area contributed by atoms with E-state index in [0.717, 1.165) is 12.0 Å². The quantitative estimate of drug-likeness (QED) is 0.549. The summed E-state index contributed by atoms with van der Waals surface area (Å²) < 4.78 is 5.18. The van der Waals surface area contributed by atoms with Gasteiger partial charge in [0.25, 0.3) is 0 Å². The lowest BCUT2D eigenvalue weighted by Gasteiger charge is -2.16. The Kier molecular flexibility index (Phi) is 2.41. The molecule has 17 heavy (non-hydrogen) atoms. The number of ether oxygens (including phenoxy) is 1. The van der Waals surface area contributed by atoms with E-state index in [1.54, 1.807) is 0 Å². The maximum atomic E-state index is 11.2. The van der Waals surface area contributed by atoms with Gasteiger partial charge in [-0.1, -0.05) is 36.4 Å². The third-order valence-corrected chi connectivity index (χ3v) is 2.99. The van der Waals surface area contributed by atoms with Crippen LogP contribution >= 0.6 is 0 Å². The van der Waals surface area contributed by atoms with Gasteiger partial charge in [0.2, 0.25) is 0 Å². The van der Waals surface area contributed by atoms with Gasteiger partial charge in [0.05, 0.1) is 6.42 Å². The van der Waals surface area contributed by atoms with Gasteiger partial charge in [-0.05, 0) is 35.2 Å². The molecule has 0 aromatic heterocycles. The average molecular weight is 224 g/mol. The molecular weight excluding hydrogens is 212 g/mol. The normalized spacial score (nSPS) is 14.0. The van der Waals surface area contributed by atoms with Crippen molar-refractivity contribution in [2.24, 2.45) is 0 Å². The number of hydrogen-bond donors (Lipinski definition) is 0. The molecule has 84 valence electrons. The third-order valence-electron chi connectivity index (χ3n) is 2.99. The molecule has 0 fully saturated rings. The van der Waals surface area contributed by atoms with Crippen molar-refractivity contribution in [3.63, 3.8) is 0 Å². The summed E-state index contributed by atoms with van der Waals surface area (Å²) in [6, 6.07) is 16.2. The van der Waals surface area contributed by atoms with E-state index in [9.17, 15) is 4.79 Å². The molecule has 1 heterocycles. The Morgan fingerprint density at radius 1 is 0.882 bits per heavy atom. The molecule has 2 aromatic carbocycles. The molecule has 0 unspecified atom stereocenters. The molecule has 0 atom stereocenters. The second-order valence-corrected chi connectivity index (χ2v) is 4.16. The number of carbonyl (C=O) groups is 1. The zero-order valence-electron chi connectivity index (χ0n) is 9.35. The molecule has 0 spiro atoms. The van der Waals surface area contributed by atoms with Crippen LogP contribution in [0.15, 0.2) is 48.5 Å². The number of hydrogen-bond acceptors (Lipinski definition) is 2. The SMILES string of the molecule is O=C1CCc2cc(-c3ccccc3)ccc2O1. The molecular formula is C15H12O2. The largest absolute Gasteiger partial charge is 0.426 e. The molecule has 1 aliphatic rings. The predicted octanol–water partition coefficient (Wildman–Crippen LogP) is 3.21. The Morgan fingerprint density at radius 2 is 1.71 bits per heavy atom. The van der Waals surface area contributed by atoms with Crippen LogP contribution in [0, 0.1) is 0 Å². The highest BCUT2D eigenvalue weighted by atomic mass is 16.5. The molecule has 0 saturated carbocycles. The lowest BCUT2D eigenvalue weighted by Crippen LogP contribution is -2.15. The topological polar surface area (TPSA) is 26.3 Å². The van der Waals surface area contributed by atoms with Crippen molar-refractivity contribution < 1.29 is 9.53 Å². The van der Waals surface area contributed by atoms with Crippen molar-refractivity contribution in [1.82, 2.24) is 0 Å². The van der Waals surface area contributed by atoms with E-state index in [4.69, 9.17) is 4.74 Å². The number of fused-ring (bicyclic) bond motifs is 1. The van der Waals surface area contributed by atoms with E-state index in [2.05, 4.69) is 18.2 Å². The summed E-state index contributed by atoms with van der Waals surface area (Å²) in [6.07, 6.45) is 1.25. The van der Waals surface area contributed by atoms with Gasteiger partial charge in [0.1, 0.15) is 5.75 Å². The minimum absolute atomic E-state index is 0.134. The summed E-state index contributed by atoms with van der Waals surface area (Å²) in [4.78, 5) is 11.2. The van der Waals surface area contributed by atoms with Crippen LogP contribution in [0.5, 0.6) is 5.75 Å². The Morgan fingerprint density at radius 3 is 2.53 bits per heavy atom. The fourth-order valence-electron chi connectivity index (χ4n) is 2.09. The predicted molar refractivity (Wildman–Crippen MR) is 65.8 cm³/mol. The maximum Gasteiger partial charge on any atom is 0.311 e. The highest BCUT2D eigenvalue weighted by molar-refractivity contribution is 5.76. The van der Waals surface area contributed by atoms with Crippen LogP contribution in [0.1, 0.15) is 12.0 Å². The van der Waals surface area contributed by atoms with Gasteiger partial charge in [-0.25, -0.2) is 0 Å². The Bertz CT molecular complexity index is 558. The Hall–Kier alpha value is -2.09. The van der Waals surface area contributed by atoms with Gasteiger partial charge in [-0.15, -0.1) is 0 Å². The fourth-order valence-corrected chi connectivity index (χ4v) is 2.09. The van der Waals surface area contributed by atoms with E-state index in [-0.39, 0.29) is 5.97 Å². The number of rotatable bonds is 1. The minimum Gasteiger partial charge on any atom is -0.426 e. The fraction of sp³-hybridized carbons (Fsp3) is 0.133. The first-order valence-corrected chi connectivity index (χ1v) is 5.72. The summed E-state index contributed by atoms with van der Waals surface area (Å²) in [5.74, 6) is 0.575. The highest BCUT2D eigenvalue weighted by Crippen LogP contribution is 2.30. The zero-order valence-corrected chi connectivity index (χ0v) is 9.35. The zero-order chi connectivity index (χ0) is 11.7. The van der Waals surface area contributed by atoms with E-state index >= 15 is 0 Å². The lowest BCUT2D eigenvalue weighted by molar-refractivity contribution is -0.135. The lowest BCUT2D eigenvalue weighted by atomic mass is 9.99. The van der Waals surface area contributed by atoms with Gasteiger partial charge < -0.3 is 4.74 Å². The maximum absolute atomic E-state index is 11.2. The molecule has 0 saturated heterocycles. The first kappa shape index (κ1) is 10.1. The van der Waals surface area contributed by atoms with Crippen LogP contribution in [0.4, 0.5) is 0 Å². The van der Waals surface area contributed by atoms with Crippen LogP contribution in [0.25, 0.3) is 11.1 Å². The number of benzene rings is 2. The molecule has 3 rings (SSSR count). The molecule has 0 aliphatic carbocycles. The number of carbonyl (C=O) groups excluding carboxylic acids is 1. The molecule has 0 amide bonds. The van der Waals surface area contributed by atoms with Crippen molar-refractivity contribution in [3.05, 3.63) is 54.1 Å². The summed E-state index contributed by atoms with van der Waals surface area (Å²) in [7, 11) is 0. The first-order valence-electron chi connectivity index (χ1n) is 5.72. The molecule has 2 aromatic rings. The van der Waals surface area contributed by atoms with Crippen molar-refractivity contribution in [2.75, 3.05) is 0 Å². The van der Waals surface area contributed by atoms with Crippen molar-refractivity contribution >= 4 is 5.97 Å². The third kappa shape index (κ3) is 1.94. The smallest absolute Gasteiger partial charge is 0.311 e. The van der Waals surface area contributed by atoms with E-state index in [1.807, 2.05) is 30.3 Å². The van der Waals surface area contributed by atoms with Crippen LogP contribution in [-0.4, -0.2) is 5.97 Å². The summed E-state index contributed by atoms with van der Waals surface area (Å²) >= 11 is 0. The molecule has 0 bridgehead atoms. The van der Waals surface area contributed by atoms with Crippen molar-refractivity contribution in [3.8, 4) is 16.9 Å². The van der Waals surface area contributed by atoms with Gasteiger partial charge in [-0.3, -0.25) is 4.79 Å². The van der Waals surface area contributed by atoms with E-state index in [1.165, 1.54) is 11.1 Å². The number of aryl methyl sites for hydroxylation is 1. The Balaban J connectivity index is 2.02. The van der Waals surface area contributed by atoms with E-state index in [0.29, 0.717) is 12.2 Å². The molecule has 1 aliphatic heterocycles. The minimum atomic E-state index is -0.134. The van der Waals surface area contributed by atoms with Gasteiger partial charge in [-0.2, -0.15) is 0 Å². The Labute approximate surface area is 99.9 Å². The summed E-state index contributed by atoms with van der Waals surface area (Å²) in [6.45, 7) is 0. The summed E-state index contributed by atoms with van der Waals surface area (Å²) in [5, 5.41) is 0. The van der Waals surface area contributed by atoms with Crippen LogP contribution in [0.3, 0.4) is 0 Å². The van der Waals surface area contributed by atoms with Crippen molar-refractivity contribution in [2.45, 2.75) is 12.8 Å². The first-order chi connectivity index (χ1) is 8.33. The average Bonchev–Trinajstić information content (AvgIpc) is 2.39. The second-order valence-electron chi connectivity index (χ2n) is 4.16. The van der Waals surface area contributed by atoms with Crippen molar-refractivity contribution in [1.29, 1.82) is 0 Å². The standard InChI is InChI=1S/C15H12O2/c16-15-9-7-13-10-12(6-8-14(13)17-15)11-4-2-1-3-5-11/h1-6,8,10H,7,9H2. The molecule has 2 heteroatoms. The molecule has 0 radical (unpaired) electrons. The van der Waals surface area contributed by atoms with Crippen LogP contribution in [-0.2, 0) is 11.2 Å². The second kappa shape index (κ2) is 4.06. The van der Waals surface area contributed by atoms with Gasteiger partial charge >= 0.3 is 5.97 Å². The highest BCUT2D eigenvalue weighted by Gasteiger charge is 2.17. The van der Waals surface area contributed by atoms with Gasteiger partial charge in [0.15, 0.2) is 0 Å². The summed E-state index contributed by atoms with van der Waals surface area (Å²) in [5.41, 5.74) is 3.47. The van der Waals surface area contributed by atoms with E-state index < -0.39 is 0 Å². The van der Waals surface area contributed by atoms with Crippen LogP contribution in [0.2, 0.25) is 0 Å².